The number of halogens is 1. The maximum atomic E-state index is 14.6. The molecule has 3 fully saturated rings. The summed E-state index contributed by atoms with van der Waals surface area (Å²) in [6.07, 6.45) is 15.2. The highest BCUT2D eigenvalue weighted by Gasteiger charge is 2.49. The van der Waals surface area contributed by atoms with E-state index in [4.69, 9.17) is 30.8 Å². The van der Waals surface area contributed by atoms with Gasteiger partial charge in [0.2, 0.25) is 0 Å². The second kappa shape index (κ2) is 11.2. The number of hydrogen-bond donors (Lipinski definition) is 2. The number of aryl methyl sites for hydroxylation is 1. The molecule has 10 nitrogen and oxygen atoms in total. The van der Waals surface area contributed by atoms with E-state index < -0.39 is 11.8 Å². The van der Waals surface area contributed by atoms with Crippen LogP contribution in [0.2, 0.25) is 0 Å². The summed E-state index contributed by atoms with van der Waals surface area (Å²) in [6, 6.07) is 4.41. The van der Waals surface area contributed by atoms with Crippen LogP contribution >= 0.6 is 11.3 Å². The molecule has 0 radical (unpaired) electrons. The lowest BCUT2D eigenvalue weighted by atomic mass is 9.84. The van der Waals surface area contributed by atoms with E-state index in [1.165, 1.54) is 5.56 Å². The lowest BCUT2D eigenvalue weighted by molar-refractivity contribution is -0.0123. The fourth-order valence-corrected chi connectivity index (χ4v) is 9.52. The summed E-state index contributed by atoms with van der Waals surface area (Å²) in [5, 5.41) is 21.5. The topological polar surface area (TPSA) is 113 Å². The molecule has 3 atom stereocenters. The summed E-state index contributed by atoms with van der Waals surface area (Å²) in [5.41, 5.74) is 4.34. The van der Waals surface area contributed by atoms with Crippen molar-refractivity contribution in [2.75, 3.05) is 50.9 Å². The first-order chi connectivity index (χ1) is 23.3. The van der Waals surface area contributed by atoms with Gasteiger partial charge in [0.25, 0.3) is 0 Å². The molecular weight excluding hydrogens is 630 g/mol. The summed E-state index contributed by atoms with van der Waals surface area (Å²) in [6.45, 7) is 4.98. The molecule has 1 aliphatic carbocycles. The summed E-state index contributed by atoms with van der Waals surface area (Å²) < 4.78 is 27.7. The van der Waals surface area contributed by atoms with Crippen molar-refractivity contribution in [2.45, 2.75) is 56.3 Å². The van der Waals surface area contributed by atoms with Crippen molar-refractivity contribution in [3.05, 3.63) is 41.7 Å². The molecule has 9 rings (SSSR count). The van der Waals surface area contributed by atoms with Crippen molar-refractivity contribution in [3.63, 3.8) is 0 Å². The Hall–Kier alpha value is -4.15. The third-order valence-electron chi connectivity index (χ3n) is 10.4. The zero-order valence-electron chi connectivity index (χ0n) is 26.8. The minimum Gasteiger partial charge on any atom is -0.461 e. The van der Waals surface area contributed by atoms with Crippen molar-refractivity contribution in [2.24, 2.45) is 0 Å². The predicted molar refractivity (Wildman–Crippen MR) is 185 cm³/mol. The highest BCUT2D eigenvalue weighted by Crippen LogP contribution is 2.47. The van der Waals surface area contributed by atoms with Crippen LogP contribution in [0.25, 0.3) is 48.0 Å². The fourth-order valence-electron chi connectivity index (χ4n) is 8.37. The number of hydrogen-bond acceptors (Lipinski definition) is 10. The van der Waals surface area contributed by atoms with Crippen LogP contribution in [-0.2, 0) is 11.2 Å². The first kappa shape index (κ1) is 29.9. The molecule has 0 saturated carbocycles. The maximum absolute atomic E-state index is 14.6. The first-order valence-corrected chi connectivity index (χ1v) is 17.5. The normalized spacial score (nSPS) is 26.1. The second-order valence-electron chi connectivity index (χ2n) is 13.9. The highest BCUT2D eigenvalue weighted by atomic mass is 32.1. The number of benzene rings is 1. The van der Waals surface area contributed by atoms with Gasteiger partial charge >= 0.3 is 6.01 Å². The van der Waals surface area contributed by atoms with Crippen LogP contribution in [0.3, 0.4) is 0 Å². The number of rotatable bonds is 5. The van der Waals surface area contributed by atoms with Crippen LogP contribution in [0.1, 0.15) is 43.7 Å². The Balaban J connectivity index is 1.24. The van der Waals surface area contributed by atoms with Gasteiger partial charge in [-0.1, -0.05) is 12.0 Å². The first-order valence-electron chi connectivity index (χ1n) is 16.7. The van der Waals surface area contributed by atoms with Gasteiger partial charge in [0.15, 0.2) is 0 Å². The zero-order valence-corrected chi connectivity index (χ0v) is 27.6. The van der Waals surface area contributed by atoms with Crippen LogP contribution in [0, 0.1) is 12.3 Å². The number of aromatic amines is 1. The fraction of sp³-hybridized carbons (Fsp3) is 0.444. The molecule has 5 aromatic rings. The summed E-state index contributed by atoms with van der Waals surface area (Å²) in [7, 11) is 0. The number of pyridine rings is 1. The van der Waals surface area contributed by atoms with E-state index in [1.54, 1.807) is 18.3 Å². The molecule has 4 aliphatic rings. The Bertz CT molecular complexity index is 2170. The van der Waals surface area contributed by atoms with E-state index >= 15 is 0 Å². The zero-order chi connectivity index (χ0) is 32.6. The van der Waals surface area contributed by atoms with Crippen molar-refractivity contribution in [3.8, 4) is 29.6 Å². The lowest BCUT2D eigenvalue weighted by Crippen LogP contribution is -2.43. The summed E-state index contributed by atoms with van der Waals surface area (Å²) in [5.74, 6) is 3.60. The SMILES string of the molecule is C#CC1=CCCc2cc3[nH]ncc3c(-c3nccc4c3sc3nc(OC[C@@]56CCCN5C[C@H](F)C6)nc(N5CCOC[C@@](C)(O)C5)c34)c21. The highest BCUT2D eigenvalue weighted by molar-refractivity contribution is 7.26. The number of aliphatic hydroxyl groups is 1. The lowest BCUT2D eigenvalue weighted by Gasteiger charge is -2.31. The van der Waals surface area contributed by atoms with Crippen LogP contribution in [0.5, 0.6) is 6.01 Å². The molecule has 12 heteroatoms. The second-order valence-corrected chi connectivity index (χ2v) is 14.9. The monoisotopic (exact) mass is 665 g/mol. The van der Waals surface area contributed by atoms with Crippen LogP contribution < -0.4 is 9.64 Å². The van der Waals surface area contributed by atoms with E-state index in [-0.39, 0.29) is 18.2 Å². The van der Waals surface area contributed by atoms with E-state index in [0.717, 1.165) is 85.8 Å². The molecule has 0 bridgehead atoms. The van der Waals surface area contributed by atoms with Gasteiger partial charge in [0.05, 0.1) is 52.8 Å². The van der Waals surface area contributed by atoms with E-state index in [0.29, 0.717) is 45.1 Å². The van der Waals surface area contributed by atoms with Crippen LogP contribution in [0.4, 0.5) is 10.2 Å². The van der Waals surface area contributed by atoms with Gasteiger partial charge in [-0.05, 0) is 56.8 Å². The minimum absolute atomic E-state index is 0.229. The molecule has 1 aromatic carbocycles. The van der Waals surface area contributed by atoms with Gasteiger partial charge in [-0.3, -0.25) is 15.0 Å². The van der Waals surface area contributed by atoms with Crippen molar-refractivity contribution < 1.29 is 19.0 Å². The van der Waals surface area contributed by atoms with Crippen molar-refractivity contribution in [1.29, 1.82) is 0 Å². The number of aromatic nitrogens is 5. The van der Waals surface area contributed by atoms with Crippen LogP contribution in [-0.4, -0.2) is 98.5 Å². The number of alkyl halides is 1. The molecule has 48 heavy (non-hydrogen) atoms. The summed E-state index contributed by atoms with van der Waals surface area (Å²) >= 11 is 1.54. The van der Waals surface area contributed by atoms with Gasteiger partial charge in [-0.15, -0.1) is 17.8 Å². The van der Waals surface area contributed by atoms with Gasteiger partial charge in [-0.2, -0.15) is 15.1 Å². The smallest absolute Gasteiger partial charge is 0.319 e. The number of allylic oxidation sites excluding steroid dienone is 2. The Morgan fingerprint density at radius 2 is 2.19 bits per heavy atom. The Labute approximate surface area is 281 Å². The average Bonchev–Trinajstić information content (AvgIpc) is 3.83. The van der Waals surface area contributed by atoms with Crippen molar-refractivity contribution >= 4 is 53.9 Å². The molecule has 7 heterocycles. The maximum Gasteiger partial charge on any atom is 0.319 e. The number of nitrogens with one attached hydrogen (secondary N) is 1. The number of β-amino-alcohol motifs (C(OH)–C–C–N with tert-alkyl or cyclic N) is 1. The number of terminal acetylenes is 1. The predicted octanol–water partition coefficient (Wildman–Crippen LogP) is 5.29. The minimum atomic E-state index is -1.08. The molecule has 0 amide bonds. The average molecular weight is 666 g/mol. The molecule has 4 aromatic heterocycles. The molecule has 246 valence electrons. The van der Waals surface area contributed by atoms with E-state index in [1.807, 2.05) is 18.5 Å². The number of H-pyrrole nitrogens is 1. The van der Waals surface area contributed by atoms with Crippen molar-refractivity contribution in [1.82, 2.24) is 30.0 Å². The number of ether oxygens (including phenoxy) is 2. The number of fused-ring (bicyclic) bond motifs is 6. The van der Waals surface area contributed by atoms with E-state index in [2.05, 4.69) is 38.1 Å². The number of thiophene rings is 1. The van der Waals surface area contributed by atoms with Gasteiger partial charge in [0.1, 0.15) is 29.0 Å². The molecule has 3 saturated heterocycles. The van der Waals surface area contributed by atoms with Gasteiger partial charge in [-0.25, -0.2) is 4.39 Å². The Kier molecular flexibility index (Phi) is 6.99. The molecule has 2 N–H and O–H groups in total. The van der Waals surface area contributed by atoms with Gasteiger partial charge < -0.3 is 19.5 Å². The molecule has 3 aliphatic heterocycles. The Morgan fingerprint density at radius 3 is 3.08 bits per heavy atom. The molecule has 0 unspecified atom stereocenters. The molecule has 0 spiro atoms. The number of anilines is 1. The van der Waals surface area contributed by atoms with Gasteiger partial charge in [0, 0.05) is 53.2 Å². The van der Waals surface area contributed by atoms with E-state index in [9.17, 15) is 9.50 Å². The number of nitrogens with zero attached hydrogens (tertiary/aromatic N) is 6. The standard InChI is InChI=1S/C36H36FN7O3S/c1-3-21-6-4-7-22-14-26-25(16-39-42-26)28(27(21)22)30-31-24(8-10-38-30)29-32(43-12-13-46-19-35(2,45)18-43)40-34(41-33(29)48-31)47-20-36-9-5-11-44(36)17-23(37)15-36/h1,6,8,10,14,16,23,45H,4-5,7,9,11-13,15,17-20H2,2H3,(H,39,42)/t23-,35+,36+/m1/s1. The third kappa shape index (κ3) is 4.78. The summed E-state index contributed by atoms with van der Waals surface area (Å²) in [4.78, 5) is 20.1. The quantitative estimate of drug-likeness (QED) is 0.242. The third-order valence-corrected chi connectivity index (χ3v) is 11.5. The van der Waals surface area contributed by atoms with Crippen LogP contribution in [0.15, 0.2) is 30.6 Å². The Morgan fingerprint density at radius 1 is 1.27 bits per heavy atom. The molecular formula is C36H36FN7O3S. The largest absolute Gasteiger partial charge is 0.461 e.